The van der Waals surface area contributed by atoms with Crippen molar-refractivity contribution in [3.63, 3.8) is 0 Å². The molecule has 1 rings (SSSR count). The Kier molecular flexibility index (Phi) is 4.79. The quantitative estimate of drug-likeness (QED) is 0.742. The number of carbonyl (C=O) groups is 1. The van der Waals surface area contributed by atoms with Gasteiger partial charge >= 0.3 is 0 Å². The molecule has 1 aromatic carbocycles. The van der Waals surface area contributed by atoms with Crippen LogP contribution in [0.25, 0.3) is 0 Å². The fourth-order valence-electron chi connectivity index (χ4n) is 1.38. The van der Waals surface area contributed by atoms with Crippen molar-refractivity contribution < 1.29 is 4.79 Å². The average Bonchev–Trinajstić information content (AvgIpc) is 2.21. The molecule has 0 aliphatic carbocycles. The second-order valence-electron chi connectivity index (χ2n) is 4.04. The minimum Gasteiger partial charge on any atom is -0.397 e. The third-order valence-corrected chi connectivity index (χ3v) is 2.24. The Hall–Kier alpha value is -1.55. The van der Waals surface area contributed by atoms with E-state index >= 15 is 0 Å². The summed E-state index contributed by atoms with van der Waals surface area (Å²) in [7, 11) is 3.99. The summed E-state index contributed by atoms with van der Waals surface area (Å²) in [6.45, 7) is 0.914. The second-order valence-corrected chi connectivity index (χ2v) is 4.04. The number of anilines is 2. The Morgan fingerprint density at radius 3 is 2.69 bits per heavy atom. The van der Waals surface area contributed by atoms with Crippen molar-refractivity contribution in [1.82, 2.24) is 4.90 Å². The fraction of sp³-hybridized carbons (Fsp3) is 0.417. The molecule has 0 fully saturated rings. The summed E-state index contributed by atoms with van der Waals surface area (Å²) >= 11 is 0. The summed E-state index contributed by atoms with van der Waals surface area (Å²) in [5.74, 6) is 0.0137. The van der Waals surface area contributed by atoms with Crippen LogP contribution in [0.3, 0.4) is 0 Å². The molecule has 3 N–H and O–H groups in total. The Morgan fingerprint density at radius 1 is 1.38 bits per heavy atom. The van der Waals surface area contributed by atoms with Crippen LogP contribution in [0.4, 0.5) is 11.4 Å². The van der Waals surface area contributed by atoms with Crippen molar-refractivity contribution in [1.29, 1.82) is 0 Å². The van der Waals surface area contributed by atoms with E-state index in [4.69, 9.17) is 5.73 Å². The standard InChI is InChI=1S/C12H19N3O/c1-15(2)9-5-8-12(16)14-11-7-4-3-6-10(11)13/h3-4,6-7H,5,8-9,13H2,1-2H3,(H,14,16). The highest BCUT2D eigenvalue weighted by Gasteiger charge is 2.04. The minimum atomic E-state index is 0.0137. The lowest BCUT2D eigenvalue weighted by atomic mass is 10.2. The number of hydrogen-bond donors (Lipinski definition) is 2. The molecule has 0 aromatic heterocycles. The van der Waals surface area contributed by atoms with Crippen molar-refractivity contribution in [3.05, 3.63) is 24.3 Å². The van der Waals surface area contributed by atoms with Gasteiger partial charge in [-0.25, -0.2) is 0 Å². The molecule has 0 aliphatic heterocycles. The first kappa shape index (κ1) is 12.5. The maximum absolute atomic E-state index is 11.6. The van der Waals surface area contributed by atoms with Crippen LogP contribution in [-0.2, 0) is 4.79 Å². The number of para-hydroxylation sites is 2. The Balaban J connectivity index is 2.37. The van der Waals surface area contributed by atoms with E-state index in [-0.39, 0.29) is 5.91 Å². The van der Waals surface area contributed by atoms with Crippen LogP contribution >= 0.6 is 0 Å². The number of carbonyl (C=O) groups excluding carboxylic acids is 1. The molecule has 0 atom stereocenters. The van der Waals surface area contributed by atoms with Crippen molar-refractivity contribution in [2.45, 2.75) is 12.8 Å². The molecule has 0 radical (unpaired) electrons. The van der Waals surface area contributed by atoms with Crippen molar-refractivity contribution in [3.8, 4) is 0 Å². The molecule has 0 aliphatic rings. The molecule has 4 heteroatoms. The van der Waals surface area contributed by atoms with Gasteiger partial charge in [0.15, 0.2) is 0 Å². The fourth-order valence-corrected chi connectivity index (χ4v) is 1.38. The molecular formula is C12H19N3O. The number of nitrogens with two attached hydrogens (primary N) is 1. The molecule has 16 heavy (non-hydrogen) atoms. The van der Waals surface area contributed by atoms with E-state index in [1.165, 1.54) is 0 Å². The normalized spacial score (nSPS) is 10.4. The summed E-state index contributed by atoms with van der Waals surface area (Å²) in [6.07, 6.45) is 1.37. The molecule has 0 unspecified atom stereocenters. The summed E-state index contributed by atoms with van der Waals surface area (Å²) in [4.78, 5) is 13.6. The van der Waals surface area contributed by atoms with Crippen LogP contribution in [0, 0.1) is 0 Å². The largest absolute Gasteiger partial charge is 0.397 e. The number of hydrogen-bond acceptors (Lipinski definition) is 3. The maximum Gasteiger partial charge on any atom is 0.224 e. The number of benzene rings is 1. The van der Waals surface area contributed by atoms with Gasteiger partial charge in [0.05, 0.1) is 11.4 Å². The van der Waals surface area contributed by atoms with Gasteiger partial charge in [-0.3, -0.25) is 4.79 Å². The molecule has 88 valence electrons. The molecule has 0 heterocycles. The third-order valence-electron chi connectivity index (χ3n) is 2.24. The van der Waals surface area contributed by atoms with E-state index in [1.807, 2.05) is 26.2 Å². The molecule has 0 saturated carbocycles. The first-order valence-electron chi connectivity index (χ1n) is 5.38. The monoisotopic (exact) mass is 221 g/mol. The highest BCUT2D eigenvalue weighted by atomic mass is 16.1. The topological polar surface area (TPSA) is 58.4 Å². The summed E-state index contributed by atoms with van der Waals surface area (Å²) in [6, 6.07) is 7.28. The van der Waals surface area contributed by atoms with E-state index < -0.39 is 0 Å². The number of nitrogens with zero attached hydrogens (tertiary/aromatic N) is 1. The van der Waals surface area contributed by atoms with Crippen LogP contribution in [0.2, 0.25) is 0 Å². The SMILES string of the molecule is CN(C)CCCC(=O)Nc1ccccc1N. The van der Waals surface area contributed by atoms with Gasteiger partial charge in [0, 0.05) is 6.42 Å². The van der Waals surface area contributed by atoms with E-state index in [2.05, 4.69) is 10.2 Å². The molecule has 0 bridgehead atoms. The highest BCUT2D eigenvalue weighted by molar-refractivity contribution is 5.93. The second kappa shape index (κ2) is 6.12. The van der Waals surface area contributed by atoms with Crippen molar-refractivity contribution in [2.24, 2.45) is 0 Å². The molecular weight excluding hydrogens is 202 g/mol. The summed E-state index contributed by atoms with van der Waals surface area (Å²) in [5, 5.41) is 2.80. The first-order valence-corrected chi connectivity index (χ1v) is 5.38. The lowest BCUT2D eigenvalue weighted by molar-refractivity contribution is -0.116. The van der Waals surface area contributed by atoms with Crippen LogP contribution in [-0.4, -0.2) is 31.4 Å². The first-order chi connectivity index (χ1) is 7.59. The molecule has 0 saturated heterocycles. The minimum absolute atomic E-state index is 0.0137. The number of nitrogen functional groups attached to an aromatic ring is 1. The number of rotatable bonds is 5. The number of nitrogens with one attached hydrogen (secondary N) is 1. The Morgan fingerprint density at radius 2 is 2.06 bits per heavy atom. The van der Waals surface area contributed by atoms with Crippen LogP contribution in [0.5, 0.6) is 0 Å². The van der Waals surface area contributed by atoms with Crippen LogP contribution in [0.1, 0.15) is 12.8 Å². The zero-order valence-electron chi connectivity index (χ0n) is 9.86. The molecule has 1 amide bonds. The predicted octanol–water partition coefficient (Wildman–Crippen LogP) is 1.55. The van der Waals surface area contributed by atoms with E-state index in [9.17, 15) is 4.79 Å². The van der Waals surface area contributed by atoms with Crippen LogP contribution in [0.15, 0.2) is 24.3 Å². The highest BCUT2D eigenvalue weighted by Crippen LogP contribution is 2.16. The third kappa shape index (κ3) is 4.31. The van der Waals surface area contributed by atoms with Crippen molar-refractivity contribution in [2.75, 3.05) is 31.7 Å². The average molecular weight is 221 g/mol. The van der Waals surface area contributed by atoms with Crippen molar-refractivity contribution >= 4 is 17.3 Å². The molecule has 1 aromatic rings. The van der Waals surface area contributed by atoms with Gasteiger partial charge in [0.25, 0.3) is 0 Å². The van der Waals surface area contributed by atoms with Gasteiger partial charge in [0.2, 0.25) is 5.91 Å². The lowest BCUT2D eigenvalue weighted by Gasteiger charge is -2.10. The molecule has 0 spiro atoms. The van der Waals surface area contributed by atoms with Gasteiger partial charge in [-0.2, -0.15) is 0 Å². The molecule has 4 nitrogen and oxygen atoms in total. The van der Waals surface area contributed by atoms with Gasteiger partial charge < -0.3 is 16.0 Å². The summed E-state index contributed by atoms with van der Waals surface area (Å²) in [5.41, 5.74) is 7.02. The van der Waals surface area contributed by atoms with E-state index in [1.54, 1.807) is 12.1 Å². The summed E-state index contributed by atoms with van der Waals surface area (Å²) < 4.78 is 0. The van der Waals surface area contributed by atoms with Gasteiger partial charge in [-0.05, 0) is 39.2 Å². The van der Waals surface area contributed by atoms with Gasteiger partial charge in [0.1, 0.15) is 0 Å². The number of amides is 1. The maximum atomic E-state index is 11.6. The smallest absolute Gasteiger partial charge is 0.224 e. The predicted molar refractivity (Wildman–Crippen MR) is 67.3 cm³/mol. The zero-order chi connectivity index (χ0) is 12.0. The van der Waals surface area contributed by atoms with Gasteiger partial charge in [-0.15, -0.1) is 0 Å². The Bertz CT molecular complexity index is 350. The lowest BCUT2D eigenvalue weighted by Crippen LogP contribution is -2.17. The zero-order valence-corrected chi connectivity index (χ0v) is 9.86. The van der Waals surface area contributed by atoms with Crippen LogP contribution < -0.4 is 11.1 Å². The van der Waals surface area contributed by atoms with E-state index in [0.717, 1.165) is 13.0 Å². The Labute approximate surface area is 96.4 Å². The van der Waals surface area contributed by atoms with E-state index in [0.29, 0.717) is 17.8 Å². The van der Waals surface area contributed by atoms with Gasteiger partial charge in [-0.1, -0.05) is 12.1 Å².